The number of ether oxygens (including phenoxy) is 1. The first kappa shape index (κ1) is 12.9. The highest BCUT2D eigenvalue weighted by Gasteiger charge is 2.33. The van der Waals surface area contributed by atoms with Crippen molar-refractivity contribution in [2.45, 2.75) is 65.6 Å². The summed E-state index contributed by atoms with van der Waals surface area (Å²) in [4.78, 5) is 0. The maximum atomic E-state index is 12.6. The monoisotopic (exact) mass is 220 g/mol. The van der Waals surface area contributed by atoms with Gasteiger partial charge >= 0.3 is 6.11 Å². The Bertz CT molecular complexity index is 195. The molecule has 0 spiro atoms. The van der Waals surface area contributed by atoms with Crippen molar-refractivity contribution < 1.29 is 13.5 Å². The highest BCUT2D eigenvalue weighted by molar-refractivity contribution is 4.81. The van der Waals surface area contributed by atoms with Crippen LogP contribution >= 0.6 is 0 Å². The number of hydrogen-bond acceptors (Lipinski definition) is 1. The van der Waals surface area contributed by atoms with E-state index in [1.54, 1.807) is 0 Å². The Morgan fingerprint density at radius 1 is 0.933 bits per heavy atom. The van der Waals surface area contributed by atoms with Crippen molar-refractivity contribution in [2.24, 2.45) is 11.3 Å². The van der Waals surface area contributed by atoms with Crippen molar-refractivity contribution in [1.29, 1.82) is 0 Å². The maximum absolute atomic E-state index is 12.6. The van der Waals surface area contributed by atoms with Crippen molar-refractivity contribution in [3.05, 3.63) is 0 Å². The van der Waals surface area contributed by atoms with E-state index in [4.69, 9.17) is 4.74 Å². The third-order valence-corrected chi connectivity index (χ3v) is 3.27. The molecular weight excluding hydrogens is 198 g/mol. The van der Waals surface area contributed by atoms with Crippen molar-refractivity contribution in [2.75, 3.05) is 0 Å². The van der Waals surface area contributed by atoms with E-state index >= 15 is 0 Å². The van der Waals surface area contributed by atoms with E-state index in [1.807, 2.05) is 0 Å². The molecule has 0 bridgehead atoms. The molecule has 0 aliphatic heterocycles. The molecule has 0 unspecified atom stereocenters. The molecule has 0 heterocycles. The molecule has 90 valence electrons. The van der Waals surface area contributed by atoms with E-state index in [0.29, 0.717) is 11.3 Å². The Kier molecular flexibility index (Phi) is 3.75. The van der Waals surface area contributed by atoms with E-state index in [1.165, 1.54) is 0 Å². The normalized spacial score (nSPS) is 29.2. The summed E-state index contributed by atoms with van der Waals surface area (Å²) in [6, 6.07) is 0. The Morgan fingerprint density at radius 3 is 1.73 bits per heavy atom. The van der Waals surface area contributed by atoms with Crippen LogP contribution in [0, 0.1) is 11.3 Å². The van der Waals surface area contributed by atoms with Gasteiger partial charge in [-0.2, -0.15) is 8.78 Å². The quantitative estimate of drug-likeness (QED) is 0.677. The summed E-state index contributed by atoms with van der Waals surface area (Å²) in [5, 5.41) is 0. The van der Waals surface area contributed by atoms with E-state index in [2.05, 4.69) is 20.8 Å². The number of halogens is 2. The third-order valence-electron chi connectivity index (χ3n) is 3.27. The van der Waals surface area contributed by atoms with E-state index < -0.39 is 6.11 Å². The van der Waals surface area contributed by atoms with Crippen LogP contribution in [0.15, 0.2) is 0 Å². The van der Waals surface area contributed by atoms with Gasteiger partial charge in [-0.15, -0.1) is 0 Å². The fourth-order valence-corrected chi connectivity index (χ4v) is 2.34. The van der Waals surface area contributed by atoms with Gasteiger partial charge in [-0.25, -0.2) is 0 Å². The minimum Gasteiger partial charge on any atom is -0.317 e. The first-order valence-corrected chi connectivity index (χ1v) is 5.74. The molecule has 0 atom stereocenters. The topological polar surface area (TPSA) is 9.23 Å². The molecule has 0 aromatic rings. The second-order valence-electron chi connectivity index (χ2n) is 5.77. The lowest BCUT2D eigenvalue weighted by Crippen LogP contribution is -2.32. The van der Waals surface area contributed by atoms with Crippen molar-refractivity contribution >= 4 is 0 Å². The summed E-state index contributed by atoms with van der Waals surface area (Å²) in [6.07, 6.45) is 0.327. The molecule has 1 fully saturated rings. The number of alkyl halides is 2. The molecule has 1 aliphatic carbocycles. The summed E-state index contributed by atoms with van der Waals surface area (Å²) in [7, 11) is 0. The molecule has 0 N–H and O–H groups in total. The predicted octanol–water partition coefficient (Wildman–Crippen LogP) is 4.22. The molecule has 0 aromatic heterocycles. The van der Waals surface area contributed by atoms with Crippen LogP contribution in [0.5, 0.6) is 0 Å². The van der Waals surface area contributed by atoms with Crippen LogP contribution in [0.2, 0.25) is 0 Å². The predicted molar refractivity (Wildman–Crippen MR) is 56.9 cm³/mol. The van der Waals surface area contributed by atoms with Crippen molar-refractivity contribution in [1.82, 2.24) is 0 Å². The summed E-state index contributed by atoms with van der Waals surface area (Å²) >= 11 is 0. The molecule has 1 nitrogen and oxygen atoms in total. The number of rotatable bonds is 2. The highest BCUT2D eigenvalue weighted by Crippen LogP contribution is 2.39. The van der Waals surface area contributed by atoms with Crippen LogP contribution in [0.4, 0.5) is 8.78 Å². The Hall–Kier alpha value is -0.180. The Balaban J connectivity index is 2.37. The van der Waals surface area contributed by atoms with Crippen LogP contribution in [-0.2, 0) is 4.74 Å². The molecule has 1 saturated carbocycles. The van der Waals surface area contributed by atoms with Crippen LogP contribution in [0.1, 0.15) is 53.4 Å². The van der Waals surface area contributed by atoms with Gasteiger partial charge in [-0.05, 0) is 37.0 Å². The molecule has 3 heteroatoms. The lowest BCUT2D eigenvalue weighted by molar-refractivity contribution is -0.255. The van der Waals surface area contributed by atoms with Gasteiger partial charge in [0.1, 0.15) is 0 Å². The van der Waals surface area contributed by atoms with Crippen molar-refractivity contribution in [3.63, 3.8) is 0 Å². The first-order chi connectivity index (χ1) is 6.68. The second kappa shape index (κ2) is 4.36. The van der Waals surface area contributed by atoms with Gasteiger partial charge < -0.3 is 4.74 Å². The van der Waals surface area contributed by atoms with E-state index in [0.717, 1.165) is 32.6 Å². The van der Waals surface area contributed by atoms with Gasteiger partial charge in [-0.3, -0.25) is 0 Å². The standard InChI is InChI=1S/C12H22F2O/c1-11(2,3)9-5-7-10(8-6-9)15-12(4,13)14/h9-10H,5-8H2,1-4H3. The summed E-state index contributed by atoms with van der Waals surface area (Å²) in [5.74, 6) is 0.642. The van der Waals surface area contributed by atoms with E-state index in [9.17, 15) is 8.78 Å². The van der Waals surface area contributed by atoms with Gasteiger partial charge in [0.2, 0.25) is 0 Å². The van der Waals surface area contributed by atoms with Gasteiger partial charge in [0.05, 0.1) is 6.10 Å². The van der Waals surface area contributed by atoms with Gasteiger partial charge in [0.15, 0.2) is 0 Å². The summed E-state index contributed by atoms with van der Waals surface area (Å²) in [5.41, 5.74) is 0.291. The zero-order valence-corrected chi connectivity index (χ0v) is 10.1. The van der Waals surface area contributed by atoms with Gasteiger partial charge in [0, 0.05) is 6.92 Å². The summed E-state index contributed by atoms with van der Waals surface area (Å²) in [6.45, 7) is 7.47. The lowest BCUT2D eigenvalue weighted by atomic mass is 9.72. The van der Waals surface area contributed by atoms with Crippen LogP contribution in [-0.4, -0.2) is 12.2 Å². The molecule has 0 aromatic carbocycles. The van der Waals surface area contributed by atoms with Crippen molar-refractivity contribution in [3.8, 4) is 0 Å². The Labute approximate surface area is 91.2 Å². The minimum absolute atomic E-state index is 0.247. The molecule has 1 aliphatic rings. The zero-order chi connectivity index (χ0) is 11.7. The molecule has 0 amide bonds. The fourth-order valence-electron chi connectivity index (χ4n) is 2.34. The fraction of sp³-hybridized carbons (Fsp3) is 1.00. The van der Waals surface area contributed by atoms with Crippen LogP contribution in [0.25, 0.3) is 0 Å². The lowest BCUT2D eigenvalue weighted by Gasteiger charge is -2.37. The largest absolute Gasteiger partial charge is 0.353 e. The second-order valence-corrected chi connectivity index (χ2v) is 5.77. The maximum Gasteiger partial charge on any atom is 0.353 e. The Morgan fingerprint density at radius 2 is 1.40 bits per heavy atom. The average molecular weight is 220 g/mol. The summed E-state index contributed by atoms with van der Waals surface area (Å²) < 4.78 is 29.9. The molecule has 0 saturated heterocycles. The zero-order valence-electron chi connectivity index (χ0n) is 10.1. The SMILES string of the molecule is CC(F)(F)OC1CCC(C(C)(C)C)CC1. The smallest absolute Gasteiger partial charge is 0.317 e. The average Bonchev–Trinajstić information content (AvgIpc) is 2.00. The highest BCUT2D eigenvalue weighted by atomic mass is 19.3. The van der Waals surface area contributed by atoms with Crippen LogP contribution < -0.4 is 0 Å². The minimum atomic E-state index is -2.97. The molecule has 0 radical (unpaired) electrons. The molecule has 1 rings (SSSR count). The number of hydrogen-bond donors (Lipinski definition) is 0. The van der Waals surface area contributed by atoms with Gasteiger partial charge in [-0.1, -0.05) is 20.8 Å². The third kappa shape index (κ3) is 4.45. The first-order valence-electron chi connectivity index (χ1n) is 5.74. The van der Waals surface area contributed by atoms with E-state index in [-0.39, 0.29) is 6.10 Å². The molecule has 15 heavy (non-hydrogen) atoms. The van der Waals surface area contributed by atoms with Gasteiger partial charge in [0.25, 0.3) is 0 Å². The van der Waals surface area contributed by atoms with Crippen LogP contribution in [0.3, 0.4) is 0 Å². The molecular formula is C12H22F2O.